The SMILES string of the molecule is CCOC(=O)C1=Cc2cc(OC(F)(F)F)cc([Si](C)(C)C)c2OC1C#CC(F)(F)F. The lowest BCUT2D eigenvalue weighted by Gasteiger charge is -2.29. The van der Waals surface area contributed by atoms with Crippen LogP contribution in [0.3, 0.4) is 0 Å². The van der Waals surface area contributed by atoms with Gasteiger partial charge >= 0.3 is 18.5 Å². The summed E-state index contributed by atoms with van der Waals surface area (Å²) in [5, 5.41) is 0.372. The van der Waals surface area contributed by atoms with Crippen LogP contribution in [0.25, 0.3) is 6.08 Å². The molecule has 0 amide bonds. The lowest BCUT2D eigenvalue weighted by Crippen LogP contribution is -2.41. The van der Waals surface area contributed by atoms with Crippen LogP contribution in [0.15, 0.2) is 17.7 Å². The van der Waals surface area contributed by atoms with Crippen molar-refractivity contribution in [1.29, 1.82) is 0 Å². The van der Waals surface area contributed by atoms with Crippen molar-refractivity contribution in [1.82, 2.24) is 0 Å². The largest absolute Gasteiger partial charge is 0.573 e. The highest BCUT2D eigenvalue weighted by molar-refractivity contribution is 6.89. The molecule has 4 nitrogen and oxygen atoms in total. The molecule has 1 aromatic carbocycles. The predicted octanol–water partition coefficient (Wildman–Crippen LogP) is 4.40. The van der Waals surface area contributed by atoms with Gasteiger partial charge in [-0.05, 0) is 36.2 Å². The van der Waals surface area contributed by atoms with Gasteiger partial charge in [0.05, 0.1) is 20.3 Å². The van der Waals surface area contributed by atoms with E-state index in [1.165, 1.54) is 6.92 Å². The molecular formula is C19H18F6O4Si. The molecule has 0 spiro atoms. The van der Waals surface area contributed by atoms with Crippen LogP contribution >= 0.6 is 0 Å². The Morgan fingerprint density at radius 2 is 1.80 bits per heavy atom. The fourth-order valence-corrected chi connectivity index (χ4v) is 4.13. The van der Waals surface area contributed by atoms with E-state index in [1.807, 2.05) is 25.6 Å². The average molecular weight is 452 g/mol. The minimum absolute atomic E-state index is 0.0577. The summed E-state index contributed by atoms with van der Waals surface area (Å²) in [5.41, 5.74) is -0.297. The van der Waals surface area contributed by atoms with Gasteiger partial charge < -0.3 is 14.2 Å². The van der Waals surface area contributed by atoms with E-state index in [1.54, 1.807) is 0 Å². The molecule has 1 aliphatic rings. The van der Waals surface area contributed by atoms with E-state index >= 15 is 0 Å². The molecule has 1 aliphatic heterocycles. The number of hydrogen-bond acceptors (Lipinski definition) is 4. The molecule has 0 fully saturated rings. The molecule has 0 aromatic heterocycles. The maximum absolute atomic E-state index is 12.7. The standard InChI is InChI=1S/C19H18F6O4Si/c1-5-27-17(26)13-9-11-8-12(29-19(23,24)25)10-15(30(2,3)4)16(11)28-14(13)6-7-18(20,21)22/h8-10,14H,5H2,1-4H3. The third kappa shape index (κ3) is 6.19. The van der Waals surface area contributed by atoms with Crippen molar-refractivity contribution in [2.24, 2.45) is 0 Å². The van der Waals surface area contributed by atoms with Crippen LogP contribution in [-0.2, 0) is 9.53 Å². The van der Waals surface area contributed by atoms with Crippen LogP contribution in [0.1, 0.15) is 12.5 Å². The molecule has 0 saturated carbocycles. The summed E-state index contributed by atoms with van der Waals surface area (Å²) in [4.78, 5) is 12.2. The molecule has 1 atom stereocenters. The summed E-state index contributed by atoms with van der Waals surface area (Å²) < 4.78 is 90.4. The second-order valence-electron chi connectivity index (χ2n) is 7.27. The van der Waals surface area contributed by atoms with Gasteiger partial charge in [0.15, 0.2) is 6.10 Å². The molecule has 0 N–H and O–H groups in total. The molecule has 2 rings (SSSR count). The minimum atomic E-state index is -4.95. The second-order valence-corrected chi connectivity index (χ2v) is 12.3. The average Bonchev–Trinajstić information content (AvgIpc) is 2.55. The summed E-state index contributed by atoms with van der Waals surface area (Å²) >= 11 is 0. The zero-order valence-electron chi connectivity index (χ0n) is 16.4. The molecule has 11 heteroatoms. The normalized spacial score (nSPS) is 16.5. The Labute approximate surface area is 169 Å². The van der Waals surface area contributed by atoms with Gasteiger partial charge in [-0.3, -0.25) is 0 Å². The van der Waals surface area contributed by atoms with Crippen molar-refractivity contribution >= 4 is 25.3 Å². The molecule has 30 heavy (non-hydrogen) atoms. The Kier molecular flexibility index (Phi) is 6.51. The van der Waals surface area contributed by atoms with Gasteiger partial charge in [-0.1, -0.05) is 19.6 Å². The van der Waals surface area contributed by atoms with Gasteiger partial charge in [0.2, 0.25) is 0 Å². The third-order valence-corrected chi connectivity index (χ3v) is 5.81. The Hall–Kier alpha value is -2.61. The molecule has 0 radical (unpaired) electrons. The first-order chi connectivity index (χ1) is 13.6. The van der Waals surface area contributed by atoms with Crippen LogP contribution in [0, 0.1) is 11.8 Å². The summed E-state index contributed by atoms with van der Waals surface area (Å²) in [6.45, 7) is 6.85. The van der Waals surface area contributed by atoms with Gasteiger partial charge in [-0.25, -0.2) is 4.79 Å². The number of halogens is 6. The highest BCUT2D eigenvalue weighted by Gasteiger charge is 2.36. The van der Waals surface area contributed by atoms with Crippen molar-refractivity contribution in [3.63, 3.8) is 0 Å². The van der Waals surface area contributed by atoms with E-state index < -0.39 is 38.4 Å². The molecule has 1 unspecified atom stereocenters. The lowest BCUT2D eigenvalue weighted by atomic mass is 10.0. The Balaban J connectivity index is 2.68. The molecule has 0 bridgehead atoms. The van der Waals surface area contributed by atoms with Gasteiger partial charge in [0.25, 0.3) is 0 Å². The maximum atomic E-state index is 12.7. The van der Waals surface area contributed by atoms with Crippen LogP contribution in [-0.4, -0.2) is 39.3 Å². The van der Waals surface area contributed by atoms with Gasteiger partial charge in [-0.15, -0.1) is 13.2 Å². The summed E-state index contributed by atoms with van der Waals surface area (Å²) in [5.74, 6) is 1.48. The number of alkyl halides is 6. The zero-order valence-corrected chi connectivity index (χ0v) is 17.4. The van der Waals surface area contributed by atoms with Crippen molar-refractivity contribution in [2.75, 3.05) is 6.61 Å². The monoisotopic (exact) mass is 452 g/mol. The van der Waals surface area contributed by atoms with Crippen molar-refractivity contribution in [3.05, 3.63) is 23.3 Å². The van der Waals surface area contributed by atoms with Crippen LogP contribution < -0.4 is 14.7 Å². The molecule has 0 aliphatic carbocycles. The smallest absolute Gasteiger partial charge is 0.472 e. The number of carbonyl (C=O) groups is 1. The van der Waals surface area contributed by atoms with Crippen LogP contribution in [0.4, 0.5) is 26.3 Å². The first kappa shape index (κ1) is 23.7. The van der Waals surface area contributed by atoms with E-state index in [4.69, 9.17) is 9.47 Å². The van der Waals surface area contributed by atoms with Crippen molar-refractivity contribution in [2.45, 2.75) is 45.2 Å². The summed E-state index contributed by atoms with van der Waals surface area (Å²) in [6.07, 6.45) is -10.2. The molecular weight excluding hydrogens is 434 g/mol. The van der Waals surface area contributed by atoms with Crippen molar-refractivity contribution < 1.29 is 45.3 Å². The number of hydrogen-bond donors (Lipinski definition) is 0. The quantitative estimate of drug-likeness (QED) is 0.294. The van der Waals surface area contributed by atoms with Gasteiger partial charge in [0, 0.05) is 11.5 Å². The van der Waals surface area contributed by atoms with E-state index in [0.717, 1.165) is 24.1 Å². The molecule has 1 aromatic rings. The van der Waals surface area contributed by atoms with E-state index in [9.17, 15) is 31.1 Å². The van der Waals surface area contributed by atoms with E-state index in [0.29, 0.717) is 5.19 Å². The van der Waals surface area contributed by atoms with Crippen LogP contribution in [0.2, 0.25) is 19.6 Å². The van der Waals surface area contributed by atoms with Gasteiger partial charge in [0.1, 0.15) is 11.5 Å². The zero-order chi connectivity index (χ0) is 22.9. The highest BCUT2D eigenvalue weighted by atomic mass is 28.3. The van der Waals surface area contributed by atoms with E-state index in [-0.39, 0.29) is 23.5 Å². The first-order valence-electron chi connectivity index (χ1n) is 8.70. The number of benzene rings is 1. The number of esters is 1. The molecule has 1 heterocycles. The predicted molar refractivity (Wildman–Crippen MR) is 99.0 cm³/mol. The summed E-state index contributed by atoms with van der Waals surface area (Å²) in [6, 6.07) is 2.15. The fourth-order valence-electron chi connectivity index (χ4n) is 2.67. The van der Waals surface area contributed by atoms with Crippen LogP contribution in [0.5, 0.6) is 11.5 Å². The second kappa shape index (κ2) is 8.26. The Morgan fingerprint density at radius 1 is 1.17 bits per heavy atom. The Bertz CT molecular complexity index is 916. The summed E-state index contributed by atoms with van der Waals surface area (Å²) in [7, 11) is -2.36. The molecule has 164 valence electrons. The minimum Gasteiger partial charge on any atom is -0.472 e. The number of carbonyl (C=O) groups excluding carboxylic acids is 1. The fraction of sp³-hybridized carbons (Fsp3) is 0.421. The maximum Gasteiger partial charge on any atom is 0.573 e. The lowest BCUT2D eigenvalue weighted by molar-refractivity contribution is -0.274. The number of rotatable bonds is 4. The van der Waals surface area contributed by atoms with Gasteiger partial charge in [-0.2, -0.15) is 13.2 Å². The first-order valence-corrected chi connectivity index (χ1v) is 12.2. The Morgan fingerprint density at radius 3 is 2.30 bits per heavy atom. The number of fused-ring (bicyclic) bond motifs is 1. The third-order valence-electron chi connectivity index (χ3n) is 3.82. The van der Waals surface area contributed by atoms with E-state index in [2.05, 4.69) is 4.74 Å². The number of ether oxygens (including phenoxy) is 3. The molecule has 0 saturated heterocycles. The highest BCUT2D eigenvalue weighted by Crippen LogP contribution is 2.35. The topological polar surface area (TPSA) is 44.8 Å². The van der Waals surface area contributed by atoms with Crippen molar-refractivity contribution in [3.8, 4) is 23.3 Å².